The van der Waals surface area contributed by atoms with Crippen LogP contribution in [0.5, 0.6) is 5.75 Å². The third-order valence-corrected chi connectivity index (χ3v) is 3.58. The molecule has 3 rings (SSSR count). The lowest BCUT2D eigenvalue weighted by Gasteiger charge is -2.09. The lowest BCUT2D eigenvalue weighted by molar-refractivity contribution is 0.412. The van der Waals surface area contributed by atoms with Gasteiger partial charge in [0.25, 0.3) is 5.56 Å². The average molecular weight is 259 g/mol. The van der Waals surface area contributed by atoms with Crippen molar-refractivity contribution in [3.8, 4) is 5.75 Å². The molecule has 3 heterocycles. The van der Waals surface area contributed by atoms with Gasteiger partial charge in [-0.1, -0.05) is 0 Å². The van der Waals surface area contributed by atoms with Crippen LogP contribution in [0.25, 0.3) is 5.65 Å². The van der Waals surface area contributed by atoms with Crippen LogP contribution >= 0.6 is 0 Å². The Morgan fingerprint density at radius 1 is 1.53 bits per heavy atom. The monoisotopic (exact) mass is 259 g/mol. The van der Waals surface area contributed by atoms with Crippen molar-refractivity contribution >= 4 is 5.65 Å². The van der Waals surface area contributed by atoms with Crippen LogP contribution in [0.2, 0.25) is 0 Å². The van der Waals surface area contributed by atoms with E-state index in [4.69, 9.17) is 4.74 Å². The average Bonchev–Trinajstić information content (AvgIpc) is 2.91. The molecule has 0 aliphatic carbocycles. The van der Waals surface area contributed by atoms with Gasteiger partial charge in [0.1, 0.15) is 11.4 Å². The van der Waals surface area contributed by atoms with Gasteiger partial charge in [-0.25, -0.2) is 4.98 Å². The molecular weight excluding hydrogens is 242 g/mol. The third-order valence-electron chi connectivity index (χ3n) is 3.58. The van der Waals surface area contributed by atoms with Crippen LogP contribution in [0.4, 0.5) is 0 Å². The minimum absolute atomic E-state index is 0.0511. The molecule has 0 aromatic carbocycles. The smallest absolute Gasteiger partial charge is 0.258 e. The largest absolute Gasteiger partial charge is 0.495 e. The maximum atomic E-state index is 12.1. The molecule has 5 nitrogen and oxygen atoms in total. The summed E-state index contributed by atoms with van der Waals surface area (Å²) in [5.41, 5.74) is 1.50. The van der Waals surface area contributed by atoms with Crippen molar-refractivity contribution < 1.29 is 4.74 Å². The van der Waals surface area contributed by atoms with E-state index in [1.165, 1.54) is 4.40 Å². The van der Waals surface area contributed by atoms with Gasteiger partial charge < -0.3 is 10.1 Å². The van der Waals surface area contributed by atoms with Gasteiger partial charge in [0.05, 0.1) is 13.3 Å². The van der Waals surface area contributed by atoms with Crippen LogP contribution in [0.1, 0.15) is 12.1 Å². The number of nitrogens with zero attached hydrogens (tertiary/aromatic N) is 2. The van der Waals surface area contributed by atoms with E-state index in [1.54, 1.807) is 19.4 Å². The maximum absolute atomic E-state index is 12.1. The molecule has 1 fully saturated rings. The number of rotatable bonds is 3. The van der Waals surface area contributed by atoms with Crippen LogP contribution in [-0.4, -0.2) is 29.6 Å². The predicted molar refractivity (Wildman–Crippen MR) is 72.7 cm³/mol. The Hall–Kier alpha value is -1.88. The van der Waals surface area contributed by atoms with E-state index in [-0.39, 0.29) is 5.56 Å². The van der Waals surface area contributed by atoms with E-state index >= 15 is 0 Å². The summed E-state index contributed by atoms with van der Waals surface area (Å²) in [6, 6.07) is 5.27. The highest BCUT2D eigenvalue weighted by Crippen LogP contribution is 2.14. The zero-order chi connectivity index (χ0) is 13.2. The first-order chi connectivity index (χ1) is 9.26. The van der Waals surface area contributed by atoms with Crippen molar-refractivity contribution in [2.45, 2.75) is 12.8 Å². The topological polar surface area (TPSA) is 55.6 Å². The number of methoxy groups -OCH3 is 1. The number of fused-ring (bicyclic) bond motifs is 1. The zero-order valence-electron chi connectivity index (χ0n) is 10.9. The fourth-order valence-corrected chi connectivity index (χ4v) is 2.54. The van der Waals surface area contributed by atoms with Crippen LogP contribution in [0.3, 0.4) is 0 Å². The molecule has 0 spiro atoms. The second-order valence-electron chi connectivity index (χ2n) is 4.95. The van der Waals surface area contributed by atoms with E-state index < -0.39 is 0 Å². The van der Waals surface area contributed by atoms with E-state index in [9.17, 15) is 4.79 Å². The Labute approximate surface area is 111 Å². The fourth-order valence-electron chi connectivity index (χ4n) is 2.54. The van der Waals surface area contributed by atoms with E-state index in [0.717, 1.165) is 31.6 Å². The van der Waals surface area contributed by atoms with Gasteiger partial charge in [-0.3, -0.25) is 9.20 Å². The number of hydrogen-bond acceptors (Lipinski definition) is 4. The maximum Gasteiger partial charge on any atom is 0.258 e. The van der Waals surface area contributed by atoms with Gasteiger partial charge in [-0.05, 0) is 44.0 Å². The number of ether oxygens (including phenoxy) is 1. The van der Waals surface area contributed by atoms with E-state index in [0.29, 0.717) is 17.3 Å². The first-order valence-electron chi connectivity index (χ1n) is 6.53. The fraction of sp³-hybridized carbons (Fsp3) is 0.429. The van der Waals surface area contributed by atoms with E-state index in [2.05, 4.69) is 10.3 Å². The Balaban J connectivity index is 1.97. The van der Waals surface area contributed by atoms with Gasteiger partial charge in [0.2, 0.25) is 0 Å². The molecule has 5 heteroatoms. The first kappa shape index (κ1) is 12.2. The molecule has 1 unspecified atom stereocenters. The number of hydrogen-bond donors (Lipinski definition) is 1. The highest BCUT2D eigenvalue weighted by Gasteiger charge is 2.16. The first-order valence-corrected chi connectivity index (χ1v) is 6.53. The van der Waals surface area contributed by atoms with Crippen LogP contribution in [0, 0.1) is 5.92 Å². The minimum atomic E-state index is -0.0511. The predicted octanol–water partition coefficient (Wildman–Crippen LogP) is 0.855. The van der Waals surface area contributed by atoms with Crippen molar-refractivity contribution in [1.29, 1.82) is 0 Å². The van der Waals surface area contributed by atoms with Crippen molar-refractivity contribution in [3.63, 3.8) is 0 Å². The van der Waals surface area contributed by atoms with Gasteiger partial charge in [0, 0.05) is 11.8 Å². The van der Waals surface area contributed by atoms with Gasteiger partial charge in [-0.15, -0.1) is 0 Å². The number of pyridine rings is 1. The molecule has 2 aromatic rings. The molecule has 1 atom stereocenters. The lowest BCUT2D eigenvalue weighted by atomic mass is 10.0. The summed E-state index contributed by atoms with van der Waals surface area (Å²) in [5.74, 6) is 1.25. The van der Waals surface area contributed by atoms with E-state index in [1.807, 2.05) is 12.1 Å². The molecular formula is C14H17N3O2. The summed E-state index contributed by atoms with van der Waals surface area (Å²) in [6.07, 6.45) is 3.69. The molecule has 1 saturated heterocycles. The molecule has 0 radical (unpaired) electrons. The highest BCUT2D eigenvalue weighted by atomic mass is 16.5. The summed E-state index contributed by atoms with van der Waals surface area (Å²) >= 11 is 0. The molecule has 100 valence electrons. The Morgan fingerprint density at radius 2 is 2.42 bits per heavy atom. The van der Waals surface area contributed by atoms with Gasteiger partial charge in [0.15, 0.2) is 0 Å². The molecule has 0 bridgehead atoms. The number of aromatic nitrogens is 2. The summed E-state index contributed by atoms with van der Waals surface area (Å²) in [6.45, 7) is 2.08. The minimum Gasteiger partial charge on any atom is -0.495 e. The molecule has 0 amide bonds. The van der Waals surface area contributed by atoms with Crippen LogP contribution in [0.15, 0.2) is 29.2 Å². The van der Waals surface area contributed by atoms with Crippen molar-refractivity contribution in [3.05, 3.63) is 40.4 Å². The van der Waals surface area contributed by atoms with Crippen molar-refractivity contribution in [2.24, 2.45) is 5.92 Å². The SMILES string of the molecule is COc1ccc2nc(CC3CCNC3)cc(=O)n2c1. The van der Waals surface area contributed by atoms with Crippen molar-refractivity contribution in [1.82, 2.24) is 14.7 Å². The van der Waals surface area contributed by atoms with Crippen LogP contribution in [-0.2, 0) is 6.42 Å². The number of nitrogens with one attached hydrogen (secondary N) is 1. The Morgan fingerprint density at radius 3 is 3.16 bits per heavy atom. The van der Waals surface area contributed by atoms with Crippen molar-refractivity contribution in [2.75, 3.05) is 20.2 Å². The molecule has 19 heavy (non-hydrogen) atoms. The van der Waals surface area contributed by atoms with Gasteiger partial charge >= 0.3 is 0 Å². The zero-order valence-corrected chi connectivity index (χ0v) is 10.9. The normalized spacial score (nSPS) is 18.9. The molecule has 1 N–H and O–H groups in total. The second-order valence-corrected chi connectivity index (χ2v) is 4.95. The van der Waals surface area contributed by atoms with Crippen LogP contribution < -0.4 is 15.6 Å². The molecule has 0 saturated carbocycles. The summed E-state index contributed by atoms with van der Waals surface area (Å²) in [7, 11) is 1.58. The Kier molecular flexibility index (Phi) is 3.21. The molecule has 2 aromatic heterocycles. The lowest BCUT2D eigenvalue weighted by Crippen LogP contribution is -2.18. The molecule has 1 aliphatic rings. The summed E-state index contributed by atoms with van der Waals surface area (Å²) in [5, 5.41) is 3.33. The third kappa shape index (κ3) is 2.46. The van der Waals surface area contributed by atoms with Gasteiger partial charge in [-0.2, -0.15) is 0 Å². The quantitative estimate of drug-likeness (QED) is 0.888. The second kappa shape index (κ2) is 5.01. The summed E-state index contributed by atoms with van der Waals surface area (Å²) < 4.78 is 6.64. The standard InChI is InChI=1S/C14H17N3O2/c1-19-12-2-3-13-16-11(6-10-4-5-15-8-10)7-14(18)17(13)9-12/h2-3,7,9-10,15H,4-6,8H2,1H3. The molecule has 1 aliphatic heterocycles. The highest BCUT2D eigenvalue weighted by molar-refractivity contribution is 5.42. The summed E-state index contributed by atoms with van der Waals surface area (Å²) in [4.78, 5) is 16.6. The Bertz CT molecular complexity index is 645.